The highest BCUT2D eigenvalue weighted by molar-refractivity contribution is 7.98. The van der Waals surface area contributed by atoms with Crippen molar-refractivity contribution in [1.82, 2.24) is 5.32 Å². The molecule has 1 aromatic rings. The molecular weight excluding hydrogens is 218 g/mol. The molecule has 2 nitrogen and oxygen atoms in total. The second-order valence-corrected chi connectivity index (χ2v) is 5.01. The molecular formula is C13H19NOS. The number of thioether (sulfide) groups is 1. The van der Waals surface area contributed by atoms with Crippen LogP contribution in [0.4, 0.5) is 0 Å². The van der Waals surface area contributed by atoms with E-state index in [1.165, 1.54) is 17.7 Å². The molecule has 1 aliphatic heterocycles. The van der Waals surface area contributed by atoms with E-state index in [1.807, 2.05) is 17.8 Å². The van der Waals surface area contributed by atoms with Crippen molar-refractivity contribution in [2.24, 2.45) is 0 Å². The first-order valence-electron chi connectivity index (χ1n) is 5.86. The van der Waals surface area contributed by atoms with E-state index in [0.717, 1.165) is 25.3 Å². The van der Waals surface area contributed by atoms with Gasteiger partial charge in [-0.1, -0.05) is 18.2 Å². The van der Waals surface area contributed by atoms with E-state index in [0.29, 0.717) is 6.04 Å². The molecule has 0 bridgehead atoms. The molecule has 0 saturated carbocycles. The zero-order chi connectivity index (χ0) is 11.2. The van der Waals surface area contributed by atoms with Crippen LogP contribution in [-0.2, 0) is 0 Å². The van der Waals surface area contributed by atoms with Crippen molar-refractivity contribution < 1.29 is 4.74 Å². The number of fused-ring (bicyclic) bond motifs is 1. The molecule has 0 amide bonds. The Morgan fingerprint density at radius 3 is 3.19 bits per heavy atom. The highest BCUT2D eigenvalue weighted by Gasteiger charge is 2.18. The van der Waals surface area contributed by atoms with Crippen LogP contribution in [0.5, 0.6) is 5.75 Å². The second-order valence-electron chi connectivity index (χ2n) is 4.03. The molecule has 88 valence electrons. The predicted octanol–water partition coefficient (Wildman–Crippen LogP) is 2.85. The van der Waals surface area contributed by atoms with Crippen molar-refractivity contribution in [3.8, 4) is 5.75 Å². The van der Waals surface area contributed by atoms with Gasteiger partial charge in [0.15, 0.2) is 0 Å². The number of hydrogen-bond donors (Lipinski definition) is 1. The third-order valence-corrected chi connectivity index (χ3v) is 3.50. The van der Waals surface area contributed by atoms with Crippen LogP contribution in [0.2, 0.25) is 0 Å². The highest BCUT2D eigenvalue weighted by Crippen LogP contribution is 2.30. The lowest BCUT2D eigenvalue weighted by Crippen LogP contribution is -2.23. The molecule has 1 heterocycles. The largest absolute Gasteiger partial charge is 0.493 e. The fraction of sp³-hybridized carbons (Fsp3) is 0.538. The van der Waals surface area contributed by atoms with Crippen LogP contribution in [0.25, 0.3) is 0 Å². The third kappa shape index (κ3) is 2.92. The molecule has 0 radical (unpaired) electrons. The molecule has 0 aromatic heterocycles. The first-order valence-corrected chi connectivity index (χ1v) is 7.25. The molecule has 2 rings (SSSR count). The molecule has 1 N–H and O–H groups in total. The number of ether oxygens (including phenoxy) is 1. The smallest absolute Gasteiger partial charge is 0.124 e. The average molecular weight is 237 g/mol. The summed E-state index contributed by atoms with van der Waals surface area (Å²) >= 11 is 1.88. The summed E-state index contributed by atoms with van der Waals surface area (Å²) in [5.41, 5.74) is 1.32. The summed E-state index contributed by atoms with van der Waals surface area (Å²) in [6.07, 6.45) is 4.45. The Balaban J connectivity index is 2.06. The molecule has 1 unspecified atom stereocenters. The van der Waals surface area contributed by atoms with Crippen molar-refractivity contribution in [3.63, 3.8) is 0 Å². The standard InChI is InChI=1S/C13H19NOS/c1-16-10-8-14-12-6-4-9-15-13-7-3-2-5-11(12)13/h2-3,5,7,12,14H,4,6,8-10H2,1H3. The molecule has 1 atom stereocenters. The lowest BCUT2D eigenvalue weighted by molar-refractivity contribution is 0.315. The lowest BCUT2D eigenvalue weighted by Gasteiger charge is -2.17. The van der Waals surface area contributed by atoms with E-state index in [2.05, 4.69) is 29.8 Å². The van der Waals surface area contributed by atoms with Gasteiger partial charge in [-0.3, -0.25) is 0 Å². The minimum Gasteiger partial charge on any atom is -0.493 e. The predicted molar refractivity (Wildman–Crippen MR) is 70.3 cm³/mol. The van der Waals surface area contributed by atoms with Gasteiger partial charge in [0, 0.05) is 23.9 Å². The maximum absolute atomic E-state index is 5.74. The summed E-state index contributed by atoms with van der Waals surface area (Å²) in [5, 5.41) is 3.62. The monoisotopic (exact) mass is 237 g/mol. The van der Waals surface area contributed by atoms with Crippen molar-refractivity contribution in [2.75, 3.05) is 25.2 Å². The van der Waals surface area contributed by atoms with Crippen molar-refractivity contribution in [1.29, 1.82) is 0 Å². The van der Waals surface area contributed by atoms with Gasteiger partial charge in [-0.15, -0.1) is 0 Å². The van der Waals surface area contributed by atoms with E-state index >= 15 is 0 Å². The summed E-state index contributed by atoms with van der Waals surface area (Å²) in [6.45, 7) is 1.91. The fourth-order valence-corrected chi connectivity index (χ4v) is 2.39. The molecule has 16 heavy (non-hydrogen) atoms. The van der Waals surface area contributed by atoms with Crippen LogP contribution in [0.1, 0.15) is 24.4 Å². The molecule has 1 aromatic carbocycles. The highest BCUT2D eigenvalue weighted by atomic mass is 32.2. The Morgan fingerprint density at radius 1 is 1.44 bits per heavy atom. The molecule has 0 spiro atoms. The van der Waals surface area contributed by atoms with Gasteiger partial charge < -0.3 is 10.1 Å². The second kappa shape index (κ2) is 6.16. The normalized spacial score (nSPS) is 19.7. The van der Waals surface area contributed by atoms with Crippen molar-refractivity contribution in [2.45, 2.75) is 18.9 Å². The number of benzene rings is 1. The van der Waals surface area contributed by atoms with Crippen LogP contribution < -0.4 is 10.1 Å². The van der Waals surface area contributed by atoms with E-state index in [1.54, 1.807) is 0 Å². The molecule has 0 fully saturated rings. The fourth-order valence-electron chi connectivity index (χ4n) is 2.07. The molecule has 3 heteroatoms. The first-order chi connectivity index (χ1) is 7.92. The topological polar surface area (TPSA) is 21.3 Å². The summed E-state index contributed by atoms with van der Waals surface area (Å²) in [4.78, 5) is 0. The summed E-state index contributed by atoms with van der Waals surface area (Å²) < 4.78 is 5.74. The van der Waals surface area contributed by atoms with Gasteiger partial charge in [0.25, 0.3) is 0 Å². The number of hydrogen-bond acceptors (Lipinski definition) is 3. The Kier molecular flexibility index (Phi) is 4.55. The number of nitrogens with one attached hydrogen (secondary N) is 1. The van der Waals surface area contributed by atoms with Gasteiger partial charge >= 0.3 is 0 Å². The van der Waals surface area contributed by atoms with Gasteiger partial charge in [0.1, 0.15) is 5.75 Å². The zero-order valence-electron chi connectivity index (χ0n) is 9.74. The average Bonchev–Trinajstić information content (AvgIpc) is 2.52. The maximum Gasteiger partial charge on any atom is 0.124 e. The Hall–Kier alpha value is -0.670. The third-order valence-electron chi connectivity index (χ3n) is 2.89. The summed E-state index contributed by atoms with van der Waals surface area (Å²) in [5.74, 6) is 2.22. The van der Waals surface area contributed by atoms with Gasteiger partial charge in [-0.25, -0.2) is 0 Å². The Morgan fingerprint density at radius 2 is 2.31 bits per heavy atom. The zero-order valence-corrected chi connectivity index (χ0v) is 10.6. The quantitative estimate of drug-likeness (QED) is 0.814. The minimum absolute atomic E-state index is 0.464. The summed E-state index contributed by atoms with van der Waals surface area (Å²) in [6, 6.07) is 8.85. The number of rotatable bonds is 4. The molecule has 0 saturated heterocycles. The van der Waals surface area contributed by atoms with Crippen molar-refractivity contribution >= 4 is 11.8 Å². The van der Waals surface area contributed by atoms with Gasteiger partial charge in [-0.05, 0) is 25.2 Å². The number of para-hydroxylation sites is 1. The van der Waals surface area contributed by atoms with Crippen LogP contribution >= 0.6 is 11.8 Å². The van der Waals surface area contributed by atoms with E-state index in [9.17, 15) is 0 Å². The minimum atomic E-state index is 0.464. The van der Waals surface area contributed by atoms with Crippen molar-refractivity contribution in [3.05, 3.63) is 29.8 Å². The van der Waals surface area contributed by atoms with E-state index in [4.69, 9.17) is 4.74 Å². The van der Waals surface area contributed by atoms with Crippen LogP contribution in [-0.4, -0.2) is 25.2 Å². The van der Waals surface area contributed by atoms with Crippen LogP contribution in [0.3, 0.4) is 0 Å². The lowest BCUT2D eigenvalue weighted by atomic mass is 10.0. The van der Waals surface area contributed by atoms with Gasteiger partial charge in [0.2, 0.25) is 0 Å². The summed E-state index contributed by atoms with van der Waals surface area (Å²) in [7, 11) is 0. The van der Waals surface area contributed by atoms with Crippen LogP contribution in [0.15, 0.2) is 24.3 Å². The molecule has 1 aliphatic rings. The van der Waals surface area contributed by atoms with E-state index in [-0.39, 0.29) is 0 Å². The van der Waals surface area contributed by atoms with Crippen LogP contribution in [0, 0.1) is 0 Å². The molecule has 0 aliphatic carbocycles. The maximum atomic E-state index is 5.74. The van der Waals surface area contributed by atoms with Gasteiger partial charge in [0.05, 0.1) is 6.61 Å². The Bertz CT molecular complexity index is 329. The van der Waals surface area contributed by atoms with Gasteiger partial charge in [-0.2, -0.15) is 11.8 Å². The Labute approximate surface area is 102 Å². The first kappa shape index (κ1) is 11.8. The SMILES string of the molecule is CSCCNC1CCCOc2ccccc21. The van der Waals surface area contributed by atoms with E-state index < -0.39 is 0 Å².